The van der Waals surface area contributed by atoms with Crippen LogP contribution in [-0.2, 0) is 24.4 Å². The molecule has 1 rings (SSSR count). The second kappa shape index (κ2) is 7.62. The fourth-order valence-electron chi connectivity index (χ4n) is 2.47. The van der Waals surface area contributed by atoms with Crippen LogP contribution in [0.4, 0.5) is 0 Å². The standard InChI is InChI=1S/C13H25ClN2O6S/c1-12(2)11(17)15(13(3,4)16(12)14)5-6-21-7-8-22-9-10-23(18,19)20/h5-10H2,1-4H3,(H,18,19,20). The number of amides is 1. The van der Waals surface area contributed by atoms with Crippen molar-refractivity contribution >= 4 is 27.8 Å². The van der Waals surface area contributed by atoms with Crippen LogP contribution in [0, 0.1) is 0 Å². The Morgan fingerprint density at radius 3 is 2.04 bits per heavy atom. The Balaban J connectivity index is 2.27. The van der Waals surface area contributed by atoms with Gasteiger partial charge < -0.3 is 14.4 Å². The largest absolute Gasteiger partial charge is 0.378 e. The molecule has 8 nitrogen and oxygen atoms in total. The third kappa shape index (κ3) is 5.27. The highest BCUT2D eigenvalue weighted by atomic mass is 35.5. The van der Waals surface area contributed by atoms with E-state index in [2.05, 4.69) is 0 Å². The van der Waals surface area contributed by atoms with Gasteiger partial charge in [-0.05, 0) is 39.5 Å². The van der Waals surface area contributed by atoms with Crippen LogP contribution in [0.2, 0.25) is 0 Å². The SMILES string of the molecule is CC1(C)C(=O)N(CCOCCOCCS(=O)(=O)O)C(C)(C)N1Cl. The van der Waals surface area contributed by atoms with Crippen LogP contribution < -0.4 is 0 Å². The Hall–Kier alpha value is -0.450. The summed E-state index contributed by atoms with van der Waals surface area (Å²) < 4.78 is 41.4. The highest BCUT2D eigenvalue weighted by Crippen LogP contribution is 2.39. The lowest BCUT2D eigenvalue weighted by molar-refractivity contribution is -0.134. The van der Waals surface area contributed by atoms with Crippen LogP contribution in [0.5, 0.6) is 0 Å². The van der Waals surface area contributed by atoms with Crippen molar-refractivity contribution in [2.75, 3.05) is 38.7 Å². The number of hydrogen-bond acceptors (Lipinski definition) is 6. The quantitative estimate of drug-likeness (QED) is 0.362. The first-order valence-corrected chi connectivity index (χ1v) is 9.24. The maximum atomic E-state index is 12.4. The average molecular weight is 373 g/mol. The fraction of sp³-hybridized carbons (Fsp3) is 0.923. The van der Waals surface area contributed by atoms with Gasteiger partial charge in [-0.25, -0.2) is 0 Å². The van der Waals surface area contributed by atoms with Gasteiger partial charge in [0.1, 0.15) is 11.2 Å². The van der Waals surface area contributed by atoms with E-state index in [9.17, 15) is 13.2 Å². The van der Waals surface area contributed by atoms with Crippen molar-refractivity contribution in [3.63, 3.8) is 0 Å². The molecule has 0 spiro atoms. The first-order valence-electron chi connectivity index (χ1n) is 7.29. The van der Waals surface area contributed by atoms with Gasteiger partial charge in [0.2, 0.25) is 5.91 Å². The van der Waals surface area contributed by atoms with Gasteiger partial charge >= 0.3 is 0 Å². The van der Waals surface area contributed by atoms with Crippen LogP contribution in [0.3, 0.4) is 0 Å². The van der Waals surface area contributed by atoms with Gasteiger partial charge in [0, 0.05) is 6.54 Å². The zero-order valence-electron chi connectivity index (χ0n) is 13.9. The zero-order chi connectivity index (χ0) is 17.9. The van der Waals surface area contributed by atoms with Gasteiger partial charge in [-0.15, -0.1) is 0 Å². The molecule has 0 unspecified atom stereocenters. The number of carbonyl (C=O) groups is 1. The minimum Gasteiger partial charge on any atom is -0.378 e. The minimum absolute atomic E-state index is 0.0643. The smallest absolute Gasteiger partial charge is 0.267 e. The molecule has 10 heteroatoms. The van der Waals surface area contributed by atoms with E-state index in [1.54, 1.807) is 18.7 Å². The van der Waals surface area contributed by atoms with Gasteiger partial charge in [-0.1, -0.05) is 0 Å². The van der Waals surface area contributed by atoms with E-state index >= 15 is 0 Å². The van der Waals surface area contributed by atoms with E-state index < -0.39 is 27.1 Å². The molecule has 1 fully saturated rings. The summed E-state index contributed by atoms with van der Waals surface area (Å²) in [5, 5.41) is 0. The molecule has 1 aliphatic rings. The molecule has 0 atom stereocenters. The van der Waals surface area contributed by atoms with Crippen molar-refractivity contribution in [1.29, 1.82) is 0 Å². The number of hydrogen-bond donors (Lipinski definition) is 1. The fourth-order valence-corrected chi connectivity index (χ4v) is 2.96. The van der Waals surface area contributed by atoms with Gasteiger partial charge in [0.15, 0.2) is 0 Å². The molecular formula is C13H25ClN2O6S. The maximum Gasteiger partial charge on any atom is 0.267 e. The summed E-state index contributed by atoms with van der Waals surface area (Å²) >= 11 is 6.26. The van der Waals surface area contributed by atoms with Crippen molar-refractivity contribution in [2.24, 2.45) is 0 Å². The van der Waals surface area contributed by atoms with E-state index in [0.29, 0.717) is 13.2 Å². The lowest BCUT2D eigenvalue weighted by Crippen LogP contribution is -2.47. The molecule has 1 heterocycles. The Kier molecular flexibility index (Phi) is 6.83. The van der Waals surface area contributed by atoms with Crippen molar-refractivity contribution in [3.05, 3.63) is 0 Å². The van der Waals surface area contributed by atoms with Gasteiger partial charge in [-0.3, -0.25) is 9.35 Å². The summed E-state index contributed by atoms with van der Waals surface area (Å²) in [4.78, 5) is 14.1. The number of nitrogens with zero attached hydrogens (tertiary/aromatic N) is 2. The van der Waals surface area contributed by atoms with Crippen LogP contribution in [-0.4, -0.2) is 78.1 Å². The van der Waals surface area contributed by atoms with Crippen molar-refractivity contribution in [2.45, 2.75) is 38.9 Å². The Labute approximate surface area is 142 Å². The van der Waals surface area contributed by atoms with Crippen LogP contribution in [0.25, 0.3) is 0 Å². The normalized spacial score (nSPS) is 21.1. The summed E-state index contributed by atoms with van der Waals surface area (Å²) in [6, 6.07) is 0. The molecule has 23 heavy (non-hydrogen) atoms. The first-order chi connectivity index (χ1) is 10.4. The molecule has 0 saturated carbocycles. The van der Waals surface area contributed by atoms with Gasteiger partial charge in [0.25, 0.3) is 10.1 Å². The predicted molar refractivity (Wildman–Crippen MR) is 85.6 cm³/mol. The molecule has 1 amide bonds. The molecule has 0 bridgehead atoms. The highest BCUT2D eigenvalue weighted by Gasteiger charge is 2.55. The van der Waals surface area contributed by atoms with Crippen molar-refractivity contribution in [3.8, 4) is 0 Å². The zero-order valence-corrected chi connectivity index (χ0v) is 15.5. The third-order valence-electron chi connectivity index (χ3n) is 3.72. The third-order valence-corrected chi connectivity index (χ3v) is 5.24. The monoisotopic (exact) mass is 372 g/mol. The number of halogens is 1. The minimum atomic E-state index is -4.00. The number of ether oxygens (including phenoxy) is 2. The first kappa shape index (κ1) is 20.6. The van der Waals surface area contributed by atoms with Crippen LogP contribution in [0.15, 0.2) is 0 Å². The molecule has 136 valence electrons. The Bertz CT molecular complexity index is 523. The molecule has 0 aromatic carbocycles. The average Bonchev–Trinajstić information content (AvgIpc) is 2.52. The van der Waals surface area contributed by atoms with Crippen LogP contribution >= 0.6 is 11.8 Å². The molecular weight excluding hydrogens is 348 g/mol. The molecule has 1 saturated heterocycles. The van der Waals surface area contributed by atoms with E-state index in [1.165, 1.54) is 4.42 Å². The van der Waals surface area contributed by atoms with E-state index in [-0.39, 0.29) is 25.7 Å². The van der Waals surface area contributed by atoms with Crippen molar-refractivity contribution in [1.82, 2.24) is 9.32 Å². The van der Waals surface area contributed by atoms with Gasteiger partial charge in [0.05, 0.1) is 32.2 Å². The van der Waals surface area contributed by atoms with Crippen molar-refractivity contribution < 1.29 is 27.2 Å². The summed E-state index contributed by atoms with van der Waals surface area (Å²) in [5.74, 6) is -0.505. The van der Waals surface area contributed by atoms with Crippen LogP contribution in [0.1, 0.15) is 27.7 Å². The molecule has 0 aliphatic carbocycles. The highest BCUT2D eigenvalue weighted by molar-refractivity contribution is 7.85. The second-order valence-corrected chi connectivity index (χ2v) is 8.21. The summed E-state index contributed by atoms with van der Waals surface area (Å²) in [5.41, 5.74) is -1.39. The van der Waals surface area contributed by atoms with Gasteiger partial charge in [-0.2, -0.15) is 12.8 Å². The number of carbonyl (C=O) groups excluding carboxylic acids is 1. The topological polar surface area (TPSA) is 96.4 Å². The molecule has 0 radical (unpaired) electrons. The Morgan fingerprint density at radius 1 is 1.09 bits per heavy atom. The summed E-state index contributed by atoms with van der Waals surface area (Å²) in [7, 11) is -4.00. The number of rotatable bonds is 9. The lowest BCUT2D eigenvalue weighted by atomic mass is 10.1. The van der Waals surface area contributed by atoms with E-state index in [1.807, 2.05) is 13.8 Å². The molecule has 1 aliphatic heterocycles. The molecule has 0 aromatic rings. The van der Waals surface area contributed by atoms with E-state index in [0.717, 1.165) is 0 Å². The van der Waals surface area contributed by atoms with E-state index in [4.69, 9.17) is 25.8 Å². The molecule has 0 aromatic heterocycles. The summed E-state index contributed by atoms with van der Waals surface area (Å²) in [6.07, 6.45) is 0. The second-order valence-electron chi connectivity index (χ2n) is 6.30. The predicted octanol–water partition coefficient (Wildman–Crippen LogP) is 0.720. The molecule has 1 N–H and O–H groups in total. The summed E-state index contributed by atoms with van der Waals surface area (Å²) in [6.45, 7) is 8.37. The lowest BCUT2D eigenvalue weighted by Gasteiger charge is -2.35. The maximum absolute atomic E-state index is 12.4. The Morgan fingerprint density at radius 2 is 1.61 bits per heavy atom.